The van der Waals surface area contributed by atoms with Crippen molar-refractivity contribution < 1.29 is 17.9 Å². The van der Waals surface area contributed by atoms with E-state index in [1.165, 1.54) is 25.3 Å². The smallest absolute Gasteiger partial charge is 0.271 e. The summed E-state index contributed by atoms with van der Waals surface area (Å²) in [5.74, 6) is -1.47. The molecule has 146 valence electrons. The van der Waals surface area contributed by atoms with Crippen molar-refractivity contribution in [2.24, 2.45) is 4.99 Å². The number of hydrogen-bond donors (Lipinski definition) is 1. The number of hydrogen-bond acceptors (Lipinski definition) is 6. The minimum atomic E-state index is -3.32. The lowest BCUT2D eigenvalue weighted by atomic mass is 10.0. The number of nitriles is 1. The molecule has 0 bridgehead atoms. The van der Waals surface area contributed by atoms with Crippen molar-refractivity contribution in [3.8, 4) is 11.9 Å². The normalized spacial score (nSPS) is 18.4. The van der Waals surface area contributed by atoms with Gasteiger partial charge >= 0.3 is 0 Å². The highest BCUT2D eigenvalue weighted by atomic mass is 35.5. The van der Waals surface area contributed by atoms with E-state index in [2.05, 4.69) is 4.99 Å². The second kappa shape index (κ2) is 7.37. The van der Waals surface area contributed by atoms with Crippen LogP contribution in [0, 0.1) is 24.1 Å². The van der Waals surface area contributed by atoms with Gasteiger partial charge in [0, 0.05) is 6.21 Å². The lowest BCUT2D eigenvalue weighted by molar-refractivity contribution is 0.379. The molecule has 1 fully saturated rings. The first-order valence-corrected chi connectivity index (χ1v) is 10.4. The molecule has 2 heterocycles. The zero-order chi connectivity index (χ0) is 20.6. The standard InChI is InChI=1S/C18H15ClFN3O4S/c1-10-13(7-21)17(24)23(12-4-5-28(26,27)9-12)18(25)14(10)8-22-11-2-3-16(20)15(19)6-11/h2-3,6,8,12,25H,4-5,9H2,1H3/t12-/m1/s1. The van der Waals surface area contributed by atoms with Crippen molar-refractivity contribution >= 4 is 33.3 Å². The highest BCUT2D eigenvalue weighted by molar-refractivity contribution is 7.91. The predicted octanol–water partition coefficient (Wildman–Crippen LogP) is 2.64. The van der Waals surface area contributed by atoms with Crippen molar-refractivity contribution in [1.29, 1.82) is 5.26 Å². The Morgan fingerprint density at radius 3 is 2.75 bits per heavy atom. The lowest BCUT2D eigenvalue weighted by Crippen LogP contribution is -2.29. The molecular weight excluding hydrogens is 409 g/mol. The molecule has 2 aromatic rings. The van der Waals surface area contributed by atoms with Gasteiger partial charge < -0.3 is 5.11 Å². The van der Waals surface area contributed by atoms with Crippen LogP contribution in [0.15, 0.2) is 28.0 Å². The first-order chi connectivity index (χ1) is 13.1. The Hall–Kier alpha value is -2.70. The minimum absolute atomic E-state index is 0.0981. The summed E-state index contributed by atoms with van der Waals surface area (Å²) in [5.41, 5.74) is -0.355. The van der Waals surface area contributed by atoms with E-state index in [-0.39, 0.29) is 39.6 Å². The van der Waals surface area contributed by atoms with Gasteiger partial charge in [-0.1, -0.05) is 11.6 Å². The third-order valence-electron chi connectivity index (χ3n) is 4.61. The highest BCUT2D eigenvalue weighted by Crippen LogP contribution is 2.30. The van der Waals surface area contributed by atoms with Crippen LogP contribution in [-0.2, 0) is 9.84 Å². The van der Waals surface area contributed by atoms with Gasteiger partial charge in [-0.2, -0.15) is 5.26 Å². The van der Waals surface area contributed by atoms with E-state index in [1.807, 2.05) is 0 Å². The highest BCUT2D eigenvalue weighted by Gasteiger charge is 2.33. The Kier molecular flexibility index (Phi) is 5.28. The van der Waals surface area contributed by atoms with Crippen LogP contribution in [0.4, 0.5) is 10.1 Å². The molecule has 0 radical (unpaired) electrons. The Labute approximate surface area is 165 Å². The second-order valence-corrected chi connectivity index (χ2v) is 9.07. The van der Waals surface area contributed by atoms with E-state index in [1.54, 1.807) is 6.07 Å². The molecule has 1 saturated heterocycles. The van der Waals surface area contributed by atoms with E-state index in [0.29, 0.717) is 5.69 Å². The Morgan fingerprint density at radius 1 is 1.46 bits per heavy atom. The Bertz CT molecular complexity index is 1200. The van der Waals surface area contributed by atoms with Gasteiger partial charge in [-0.05, 0) is 37.1 Å². The van der Waals surface area contributed by atoms with E-state index < -0.39 is 33.1 Å². The molecule has 0 unspecified atom stereocenters. The van der Waals surface area contributed by atoms with Crippen molar-refractivity contribution in [1.82, 2.24) is 4.57 Å². The first-order valence-electron chi connectivity index (χ1n) is 8.22. The van der Waals surface area contributed by atoms with Crippen molar-refractivity contribution in [3.05, 3.63) is 56.1 Å². The van der Waals surface area contributed by atoms with Crippen molar-refractivity contribution in [2.45, 2.75) is 19.4 Å². The van der Waals surface area contributed by atoms with E-state index in [0.717, 1.165) is 10.6 Å². The van der Waals surface area contributed by atoms with E-state index in [4.69, 9.17) is 11.6 Å². The van der Waals surface area contributed by atoms with Gasteiger partial charge in [0.25, 0.3) is 5.56 Å². The molecule has 1 aromatic heterocycles. The molecule has 7 nitrogen and oxygen atoms in total. The van der Waals surface area contributed by atoms with Crippen LogP contribution in [0.2, 0.25) is 5.02 Å². The number of rotatable bonds is 3. The fourth-order valence-corrected chi connectivity index (χ4v) is 4.99. The quantitative estimate of drug-likeness (QED) is 0.762. The summed E-state index contributed by atoms with van der Waals surface area (Å²) < 4.78 is 37.8. The van der Waals surface area contributed by atoms with E-state index in [9.17, 15) is 28.0 Å². The van der Waals surface area contributed by atoms with Crippen LogP contribution in [0.3, 0.4) is 0 Å². The van der Waals surface area contributed by atoms with Gasteiger partial charge in [-0.25, -0.2) is 12.8 Å². The largest absolute Gasteiger partial charge is 0.494 e. The van der Waals surface area contributed by atoms with Gasteiger partial charge in [-0.3, -0.25) is 14.4 Å². The summed E-state index contributed by atoms with van der Waals surface area (Å²) >= 11 is 5.72. The van der Waals surface area contributed by atoms with Crippen molar-refractivity contribution in [2.75, 3.05) is 11.5 Å². The zero-order valence-corrected chi connectivity index (χ0v) is 16.3. The Morgan fingerprint density at radius 2 is 2.18 bits per heavy atom. The molecule has 1 aromatic carbocycles. The summed E-state index contributed by atoms with van der Waals surface area (Å²) in [6.07, 6.45) is 1.39. The molecule has 0 aliphatic carbocycles. The number of aromatic hydroxyl groups is 1. The second-order valence-electron chi connectivity index (χ2n) is 6.44. The summed E-state index contributed by atoms with van der Waals surface area (Å²) in [6.45, 7) is 1.48. The van der Waals surface area contributed by atoms with Crippen molar-refractivity contribution in [3.63, 3.8) is 0 Å². The number of benzene rings is 1. The maximum absolute atomic E-state index is 13.3. The number of pyridine rings is 1. The molecule has 1 N–H and O–H groups in total. The summed E-state index contributed by atoms with van der Waals surface area (Å²) in [7, 11) is -3.32. The lowest BCUT2D eigenvalue weighted by Gasteiger charge is -2.18. The van der Waals surface area contributed by atoms with Gasteiger partial charge in [0.15, 0.2) is 9.84 Å². The summed E-state index contributed by atoms with van der Waals surface area (Å²) in [6, 6.07) is 4.82. The van der Waals surface area contributed by atoms with Crippen LogP contribution in [0.1, 0.15) is 29.2 Å². The Balaban J connectivity index is 2.14. The zero-order valence-electron chi connectivity index (χ0n) is 14.7. The SMILES string of the molecule is Cc1c(C=Nc2ccc(F)c(Cl)c2)c(O)n([C@@H]2CCS(=O)(=O)C2)c(=O)c1C#N. The number of nitrogens with zero attached hydrogens (tertiary/aromatic N) is 3. The number of sulfone groups is 1. The van der Waals surface area contributed by atoms with Crippen LogP contribution < -0.4 is 5.56 Å². The average molecular weight is 424 g/mol. The fourth-order valence-electron chi connectivity index (χ4n) is 3.12. The molecular formula is C18H15ClFN3O4S. The number of aliphatic imine (C=N–C) groups is 1. The monoisotopic (exact) mass is 423 g/mol. The minimum Gasteiger partial charge on any atom is -0.494 e. The van der Waals surface area contributed by atoms with Gasteiger partial charge in [0.2, 0.25) is 5.88 Å². The fraction of sp³-hybridized carbons (Fsp3) is 0.278. The molecule has 10 heteroatoms. The van der Waals surface area contributed by atoms with Crippen LogP contribution in [0.5, 0.6) is 5.88 Å². The van der Waals surface area contributed by atoms with Crippen LogP contribution >= 0.6 is 11.6 Å². The molecule has 28 heavy (non-hydrogen) atoms. The summed E-state index contributed by atoms with van der Waals surface area (Å²) in [5, 5.41) is 19.9. The predicted molar refractivity (Wildman–Crippen MR) is 103 cm³/mol. The topological polar surface area (TPSA) is 113 Å². The average Bonchev–Trinajstić information content (AvgIpc) is 2.97. The molecule has 0 spiro atoms. The molecule has 1 aliphatic rings. The van der Waals surface area contributed by atoms with Gasteiger partial charge in [0.1, 0.15) is 17.4 Å². The molecule has 3 rings (SSSR count). The maximum atomic E-state index is 13.3. The van der Waals surface area contributed by atoms with Crippen LogP contribution in [-0.4, -0.2) is 35.8 Å². The molecule has 1 aliphatic heterocycles. The van der Waals surface area contributed by atoms with Gasteiger partial charge in [0.05, 0.1) is 33.8 Å². The summed E-state index contributed by atoms with van der Waals surface area (Å²) in [4.78, 5) is 16.8. The first kappa shape index (κ1) is 20.0. The molecule has 1 atom stereocenters. The third kappa shape index (κ3) is 3.66. The van der Waals surface area contributed by atoms with Crippen LogP contribution in [0.25, 0.3) is 0 Å². The number of aromatic nitrogens is 1. The van der Waals surface area contributed by atoms with Gasteiger partial charge in [-0.15, -0.1) is 0 Å². The molecule has 0 amide bonds. The molecule has 0 saturated carbocycles. The third-order valence-corrected chi connectivity index (χ3v) is 6.65. The maximum Gasteiger partial charge on any atom is 0.271 e. The van der Waals surface area contributed by atoms with E-state index >= 15 is 0 Å². The number of halogens is 2.